The molecule has 0 spiro atoms. The van der Waals surface area contributed by atoms with Crippen LogP contribution in [-0.2, 0) is 12.8 Å². The molecule has 0 bridgehead atoms. The summed E-state index contributed by atoms with van der Waals surface area (Å²) in [6.45, 7) is -0.377. The van der Waals surface area contributed by atoms with E-state index in [9.17, 15) is 18.0 Å². The number of hydrogen-bond acceptors (Lipinski definition) is 5. The number of carboxylic acids is 1. The second kappa shape index (κ2) is 4.09. The Labute approximate surface area is 96.6 Å². The van der Waals surface area contributed by atoms with Crippen molar-refractivity contribution in [3.8, 4) is 0 Å². The van der Waals surface area contributed by atoms with E-state index in [4.69, 9.17) is 5.11 Å². The van der Waals surface area contributed by atoms with Gasteiger partial charge in [-0.15, -0.1) is 15.0 Å². The van der Waals surface area contributed by atoms with Crippen LogP contribution in [0.25, 0.3) is 0 Å². The number of halogens is 3. The second-order valence-electron chi connectivity index (χ2n) is 3.15. The summed E-state index contributed by atoms with van der Waals surface area (Å²) in [5.74, 6) is -2.66. The highest BCUT2D eigenvalue weighted by Crippen LogP contribution is 2.24. The lowest BCUT2D eigenvalue weighted by molar-refractivity contribution is -0.145. The Morgan fingerprint density at radius 1 is 1.44 bits per heavy atom. The van der Waals surface area contributed by atoms with E-state index in [2.05, 4.69) is 20.5 Å². The van der Waals surface area contributed by atoms with Crippen molar-refractivity contribution in [1.82, 2.24) is 30.0 Å². The Balaban J connectivity index is 2.22. The van der Waals surface area contributed by atoms with Gasteiger partial charge in [-0.25, -0.2) is 9.48 Å². The van der Waals surface area contributed by atoms with Crippen LogP contribution in [0.15, 0.2) is 12.3 Å². The molecule has 0 unspecified atom stereocenters. The number of tetrazole rings is 1. The molecule has 0 aliphatic rings. The van der Waals surface area contributed by atoms with Crippen molar-refractivity contribution in [2.45, 2.75) is 12.8 Å². The molecule has 0 amide bonds. The number of carboxylic acid groups (broad SMARTS) is 1. The lowest BCUT2D eigenvalue weighted by Gasteiger charge is -2.02. The Hall–Kier alpha value is -2.46. The van der Waals surface area contributed by atoms with Gasteiger partial charge < -0.3 is 5.11 Å². The third-order valence-electron chi connectivity index (χ3n) is 1.90. The zero-order valence-electron chi connectivity index (χ0n) is 8.53. The largest absolute Gasteiger partial charge is 0.477 e. The van der Waals surface area contributed by atoms with Gasteiger partial charge in [0, 0.05) is 6.20 Å². The molecule has 0 aliphatic heterocycles. The smallest absolute Gasteiger partial charge is 0.455 e. The second-order valence-corrected chi connectivity index (χ2v) is 3.15. The van der Waals surface area contributed by atoms with Gasteiger partial charge in [0.05, 0.1) is 0 Å². The van der Waals surface area contributed by atoms with Crippen LogP contribution in [0.4, 0.5) is 13.2 Å². The molecule has 11 heteroatoms. The van der Waals surface area contributed by atoms with E-state index in [1.54, 1.807) is 0 Å². The Morgan fingerprint density at radius 3 is 2.72 bits per heavy atom. The standard InChI is InChI=1S/C7H5F3N6O2/c8-7(9,10)6-12-14-16(13-6)3-15-4(5(17)18)1-2-11-15/h1-2H,3H2,(H,17,18). The molecule has 2 rings (SSSR count). The van der Waals surface area contributed by atoms with Gasteiger partial charge in [-0.3, -0.25) is 0 Å². The molecular formula is C7H5F3N6O2. The van der Waals surface area contributed by atoms with E-state index in [1.165, 1.54) is 12.3 Å². The van der Waals surface area contributed by atoms with Crippen LogP contribution >= 0.6 is 0 Å². The van der Waals surface area contributed by atoms with Crippen molar-refractivity contribution in [3.05, 3.63) is 23.8 Å². The van der Waals surface area contributed by atoms with Gasteiger partial charge in [0.15, 0.2) is 6.67 Å². The molecule has 0 saturated heterocycles. The molecular weight excluding hydrogens is 257 g/mol. The van der Waals surface area contributed by atoms with Gasteiger partial charge in [0.1, 0.15) is 5.69 Å². The topological polar surface area (TPSA) is 98.7 Å². The fourth-order valence-corrected chi connectivity index (χ4v) is 1.16. The Bertz CT molecular complexity index is 574. The molecule has 96 valence electrons. The highest BCUT2D eigenvalue weighted by atomic mass is 19.4. The molecule has 2 aromatic rings. The quantitative estimate of drug-likeness (QED) is 0.841. The summed E-state index contributed by atoms with van der Waals surface area (Å²) >= 11 is 0. The van der Waals surface area contributed by atoms with Crippen LogP contribution in [-0.4, -0.2) is 41.1 Å². The molecule has 1 N–H and O–H groups in total. The van der Waals surface area contributed by atoms with E-state index in [0.29, 0.717) is 4.80 Å². The fraction of sp³-hybridized carbons (Fsp3) is 0.286. The van der Waals surface area contributed by atoms with Gasteiger partial charge in [-0.2, -0.15) is 18.3 Å². The minimum atomic E-state index is -4.70. The van der Waals surface area contributed by atoms with Gasteiger partial charge in [-0.05, 0) is 11.3 Å². The average molecular weight is 262 g/mol. The van der Waals surface area contributed by atoms with Crippen molar-refractivity contribution in [3.63, 3.8) is 0 Å². The van der Waals surface area contributed by atoms with Gasteiger partial charge >= 0.3 is 12.1 Å². The van der Waals surface area contributed by atoms with E-state index >= 15 is 0 Å². The molecule has 2 aromatic heterocycles. The van der Waals surface area contributed by atoms with Crippen molar-refractivity contribution >= 4 is 5.97 Å². The first kappa shape index (κ1) is 12.0. The number of alkyl halides is 3. The number of nitrogens with zero attached hydrogens (tertiary/aromatic N) is 6. The van der Waals surface area contributed by atoms with Crippen LogP contribution < -0.4 is 0 Å². The number of rotatable bonds is 3. The van der Waals surface area contributed by atoms with E-state index in [-0.39, 0.29) is 12.4 Å². The summed E-state index contributed by atoms with van der Waals surface area (Å²) in [6.07, 6.45) is -3.50. The Morgan fingerprint density at radius 2 is 2.17 bits per heavy atom. The molecule has 2 heterocycles. The fourth-order valence-electron chi connectivity index (χ4n) is 1.16. The molecule has 0 aromatic carbocycles. The monoisotopic (exact) mass is 262 g/mol. The predicted octanol–water partition coefficient (Wildman–Crippen LogP) is 0.0924. The van der Waals surface area contributed by atoms with Gasteiger partial charge in [0.2, 0.25) is 0 Å². The van der Waals surface area contributed by atoms with Gasteiger partial charge in [0.25, 0.3) is 5.82 Å². The maximum atomic E-state index is 12.2. The normalized spacial score (nSPS) is 11.7. The minimum Gasteiger partial charge on any atom is -0.477 e. The highest BCUT2D eigenvalue weighted by Gasteiger charge is 2.36. The molecule has 8 nitrogen and oxygen atoms in total. The summed E-state index contributed by atoms with van der Waals surface area (Å²) in [5.41, 5.74) is -0.194. The third-order valence-corrected chi connectivity index (χ3v) is 1.90. The van der Waals surface area contributed by atoms with Crippen LogP contribution in [0.1, 0.15) is 16.3 Å². The molecule has 0 saturated carbocycles. The zero-order valence-corrected chi connectivity index (χ0v) is 8.53. The van der Waals surface area contributed by atoms with Crippen molar-refractivity contribution in [2.75, 3.05) is 0 Å². The van der Waals surface area contributed by atoms with Crippen molar-refractivity contribution in [1.29, 1.82) is 0 Å². The van der Waals surface area contributed by atoms with Crippen molar-refractivity contribution < 1.29 is 23.1 Å². The van der Waals surface area contributed by atoms with Gasteiger partial charge in [-0.1, -0.05) is 0 Å². The maximum Gasteiger partial charge on any atom is 0.455 e. The third kappa shape index (κ3) is 2.28. The molecule has 0 aliphatic carbocycles. The SMILES string of the molecule is O=C(O)c1ccnn1Cn1nnc(C(F)(F)F)n1. The summed E-state index contributed by atoms with van der Waals surface area (Å²) in [6, 6.07) is 1.20. The first-order chi connectivity index (χ1) is 8.38. The number of aromatic carboxylic acids is 1. The molecule has 0 radical (unpaired) electrons. The average Bonchev–Trinajstić information content (AvgIpc) is 2.85. The lowest BCUT2D eigenvalue weighted by Crippen LogP contribution is -2.18. The lowest BCUT2D eigenvalue weighted by atomic mass is 10.4. The van der Waals surface area contributed by atoms with Crippen LogP contribution in [0, 0.1) is 0 Å². The van der Waals surface area contributed by atoms with E-state index in [1.807, 2.05) is 0 Å². The first-order valence-electron chi connectivity index (χ1n) is 4.48. The minimum absolute atomic E-state index is 0.194. The molecule has 18 heavy (non-hydrogen) atoms. The van der Waals surface area contributed by atoms with Crippen LogP contribution in [0.2, 0.25) is 0 Å². The predicted molar refractivity (Wildman–Crippen MR) is 47.4 cm³/mol. The number of aromatic nitrogens is 6. The number of carbonyl (C=O) groups is 1. The highest BCUT2D eigenvalue weighted by molar-refractivity contribution is 5.85. The molecule has 0 atom stereocenters. The summed E-state index contributed by atoms with van der Waals surface area (Å²) < 4.78 is 37.5. The van der Waals surface area contributed by atoms with Crippen molar-refractivity contribution in [2.24, 2.45) is 0 Å². The van der Waals surface area contributed by atoms with Crippen LogP contribution in [0.5, 0.6) is 0 Å². The van der Waals surface area contributed by atoms with E-state index in [0.717, 1.165) is 4.68 Å². The maximum absolute atomic E-state index is 12.2. The first-order valence-corrected chi connectivity index (χ1v) is 4.48. The summed E-state index contributed by atoms with van der Waals surface area (Å²) in [5, 5.41) is 21.4. The Kier molecular flexibility index (Phi) is 2.73. The van der Waals surface area contributed by atoms with E-state index < -0.39 is 18.0 Å². The molecule has 0 fully saturated rings. The number of hydrogen-bond donors (Lipinski definition) is 1. The summed E-state index contributed by atoms with van der Waals surface area (Å²) in [4.78, 5) is 11.3. The zero-order chi connectivity index (χ0) is 13.3. The van der Waals surface area contributed by atoms with Crippen LogP contribution in [0.3, 0.4) is 0 Å². The summed E-state index contributed by atoms with van der Waals surface area (Å²) in [7, 11) is 0.